The summed E-state index contributed by atoms with van der Waals surface area (Å²) in [4.78, 5) is 21.6. The van der Waals surface area contributed by atoms with Gasteiger partial charge in [-0.25, -0.2) is 4.79 Å². The molecule has 1 aliphatic carbocycles. The van der Waals surface area contributed by atoms with E-state index in [2.05, 4.69) is 5.32 Å². The van der Waals surface area contributed by atoms with Gasteiger partial charge in [0.2, 0.25) is 0 Å². The third-order valence-corrected chi connectivity index (χ3v) is 3.41. The number of rotatable bonds is 4. The Morgan fingerprint density at radius 3 is 2.50 bits per heavy atom. The smallest absolute Gasteiger partial charge is 0.411 e. The zero-order chi connectivity index (χ0) is 14.6. The summed E-state index contributed by atoms with van der Waals surface area (Å²) in [6.45, 7) is 0.186. The molecule has 7 nitrogen and oxygen atoms in total. The van der Waals surface area contributed by atoms with Crippen LogP contribution in [0, 0.1) is 10.1 Å². The first kappa shape index (κ1) is 14.3. The molecule has 0 saturated heterocycles. The van der Waals surface area contributed by atoms with Gasteiger partial charge in [-0.05, 0) is 25.0 Å². The van der Waals surface area contributed by atoms with E-state index in [1.165, 1.54) is 24.3 Å². The quantitative estimate of drug-likeness (QED) is 0.650. The van der Waals surface area contributed by atoms with Crippen molar-refractivity contribution in [3.8, 4) is 0 Å². The largest absolute Gasteiger partial charge is 0.447 e. The topological polar surface area (TPSA) is 107 Å². The number of anilines is 1. The third-order valence-electron chi connectivity index (χ3n) is 3.41. The first-order valence-corrected chi connectivity index (χ1v) is 6.46. The number of nitrogens with two attached hydrogens (primary N) is 1. The normalized spacial score (nSPS) is 16.6. The maximum atomic E-state index is 11.6. The number of benzene rings is 1. The van der Waals surface area contributed by atoms with Gasteiger partial charge in [0.25, 0.3) is 5.69 Å². The van der Waals surface area contributed by atoms with Crippen LogP contribution in [0.15, 0.2) is 24.3 Å². The van der Waals surface area contributed by atoms with Crippen LogP contribution in [0.25, 0.3) is 0 Å². The highest BCUT2D eigenvalue weighted by Crippen LogP contribution is 2.27. The molecule has 2 rings (SSSR count). The summed E-state index contributed by atoms with van der Waals surface area (Å²) >= 11 is 0. The first-order valence-electron chi connectivity index (χ1n) is 6.46. The number of nitro benzene ring substituents is 1. The molecule has 0 aromatic heterocycles. The van der Waals surface area contributed by atoms with Crippen molar-refractivity contribution in [1.82, 2.24) is 0 Å². The van der Waals surface area contributed by atoms with Crippen LogP contribution in [-0.4, -0.2) is 23.2 Å². The van der Waals surface area contributed by atoms with Crippen molar-refractivity contribution >= 4 is 17.5 Å². The second kappa shape index (κ2) is 5.87. The molecule has 0 heterocycles. The first-order chi connectivity index (χ1) is 9.48. The fraction of sp³-hybridized carbons (Fsp3) is 0.462. The van der Waals surface area contributed by atoms with Gasteiger partial charge in [-0.1, -0.05) is 12.8 Å². The molecule has 1 saturated carbocycles. The molecule has 0 spiro atoms. The molecule has 20 heavy (non-hydrogen) atoms. The molecule has 0 bridgehead atoms. The van der Waals surface area contributed by atoms with E-state index in [9.17, 15) is 14.9 Å². The van der Waals surface area contributed by atoms with Crippen LogP contribution in [0.1, 0.15) is 25.7 Å². The van der Waals surface area contributed by atoms with Crippen LogP contribution in [0.4, 0.5) is 16.2 Å². The van der Waals surface area contributed by atoms with Crippen LogP contribution in [-0.2, 0) is 4.74 Å². The van der Waals surface area contributed by atoms with Crippen LogP contribution >= 0.6 is 0 Å². The summed E-state index contributed by atoms with van der Waals surface area (Å²) in [6, 6.07) is 5.54. The summed E-state index contributed by atoms with van der Waals surface area (Å²) in [6.07, 6.45) is 3.24. The number of ether oxygens (including phenoxy) is 1. The van der Waals surface area contributed by atoms with E-state index in [4.69, 9.17) is 10.5 Å². The predicted octanol–water partition coefficient (Wildman–Crippen LogP) is 2.41. The summed E-state index contributed by atoms with van der Waals surface area (Å²) in [5.74, 6) is 0. The van der Waals surface area contributed by atoms with E-state index in [-0.39, 0.29) is 12.3 Å². The predicted molar refractivity (Wildman–Crippen MR) is 73.5 cm³/mol. The molecule has 1 amide bonds. The fourth-order valence-corrected chi connectivity index (χ4v) is 2.25. The zero-order valence-electron chi connectivity index (χ0n) is 11.0. The molecule has 0 radical (unpaired) electrons. The highest BCUT2D eigenvalue weighted by atomic mass is 16.6. The van der Waals surface area contributed by atoms with Gasteiger partial charge in [-0.2, -0.15) is 0 Å². The molecule has 108 valence electrons. The van der Waals surface area contributed by atoms with Gasteiger partial charge in [-0.3, -0.25) is 15.4 Å². The summed E-state index contributed by atoms with van der Waals surface area (Å²) in [7, 11) is 0. The average Bonchev–Trinajstić information content (AvgIpc) is 2.85. The zero-order valence-corrected chi connectivity index (χ0v) is 11.0. The molecule has 1 aliphatic rings. The lowest BCUT2D eigenvalue weighted by Gasteiger charge is -2.22. The maximum Gasteiger partial charge on any atom is 0.411 e. The van der Waals surface area contributed by atoms with Crippen molar-refractivity contribution in [3.63, 3.8) is 0 Å². The molecule has 0 aliphatic heterocycles. The lowest BCUT2D eigenvalue weighted by Crippen LogP contribution is -2.42. The Kier molecular flexibility index (Phi) is 4.19. The van der Waals surface area contributed by atoms with E-state index in [0.29, 0.717) is 5.69 Å². The minimum absolute atomic E-state index is 0.0317. The summed E-state index contributed by atoms with van der Waals surface area (Å²) < 4.78 is 5.10. The van der Waals surface area contributed by atoms with Gasteiger partial charge < -0.3 is 10.5 Å². The van der Waals surface area contributed by atoms with Gasteiger partial charge in [0.05, 0.1) is 10.5 Å². The number of nitro groups is 1. The van der Waals surface area contributed by atoms with Crippen molar-refractivity contribution in [2.75, 3.05) is 11.9 Å². The third kappa shape index (κ3) is 3.67. The minimum Gasteiger partial charge on any atom is -0.447 e. The number of carbonyl (C=O) groups is 1. The van der Waals surface area contributed by atoms with Gasteiger partial charge >= 0.3 is 6.09 Å². The molecular formula is C13H17N3O4. The second-order valence-electron chi connectivity index (χ2n) is 5.07. The molecular weight excluding hydrogens is 262 g/mol. The van der Waals surface area contributed by atoms with Crippen molar-refractivity contribution < 1.29 is 14.5 Å². The molecule has 3 N–H and O–H groups in total. The van der Waals surface area contributed by atoms with Gasteiger partial charge in [0.15, 0.2) is 0 Å². The molecule has 7 heteroatoms. The van der Waals surface area contributed by atoms with Crippen molar-refractivity contribution in [2.45, 2.75) is 31.2 Å². The highest BCUT2D eigenvalue weighted by molar-refractivity contribution is 5.84. The van der Waals surface area contributed by atoms with E-state index in [0.717, 1.165) is 25.7 Å². The van der Waals surface area contributed by atoms with E-state index < -0.39 is 16.6 Å². The van der Waals surface area contributed by atoms with Gasteiger partial charge in [-0.15, -0.1) is 0 Å². The average molecular weight is 279 g/mol. The van der Waals surface area contributed by atoms with Crippen molar-refractivity contribution in [1.29, 1.82) is 0 Å². The monoisotopic (exact) mass is 279 g/mol. The van der Waals surface area contributed by atoms with Crippen LogP contribution in [0.3, 0.4) is 0 Å². The number of non-ortho nitro benzene ring substituents is 1. The highest BCUT2D eigenvalue weighted by Gasteiger charge is 2.30. The van der Waals surface area contributed by atoms with E-state index in [1.807, 2.05) is 0 Å². The summed E-state index contributed by atoms with van der Waals surface area (Å²) in [5, 5.41) is 13.0. The lowest BCUT2D eigenvalue weighted by molar-refractivity contribution is -0.384. The lowest BCUT2D eigenvalue weighted by atomic mass is 10.0. The van der Waals surface area contributed by atoms with Gasteiger partial charge in [0, 0.05) is 17.8 Å². The standard InChI is InChI=1S/C13H17N3O4/c14-13(7-1-2-8-13)9-20-12(17)15-10-3-5-11(6-4-10)16(18)19/h3-6H,1-2,7-9,14H2,(H,15,17). The van der Waals surface area contributed by atoms with Crippen LogP contribution < -0.4 is 11.1 Å². The fourth-order valence-electron chi connectivity index (χ4n) is 2.25. The Morgan fingerprint density at radius 2 is 1.95 bits per heavy atom. The Labute approximate surface area is 116 Å². The number of hydrogen-bond acceptors (Lipinski definition) is 5. The van der Waals surface area contributed by atoms with Crippen molar-refractivity contribution in [3.05, 3.63) is 34.4 Å². The van der Waals surface area contributed by atoms with Crippen molar-refractivity contribution in [2.24, 2.45) is 5.73 Å². The molecule has 1 aromatic carbocycles. The van der Waals surface area contributed by atoms with E-state index >= 15 is 0 Å². The van der Waals surface area contributed by atoms with E-state index in [1.54, 1.807) is 0 Å². The number of nitrogens with one attached hydrogen (secondary N) is 1. The number of hydrogen-bond donors (Lipinski definition) is 2. The van der Waals surface area contributed by atoms with Gasteiger partial charge in [0.1, 0.15) is 6.61 Å². The Bertz CT molecular complexity index is 495. The molecule has 1 aromatic rings. The molecule has 1 fully saturated rings. The number of nitrogens with zero attached hydrogens (tertiary/aromatic N) is 1. The second-order valence-corrected chi connectivity index (χ2v) is 5.07. The number of carbonyl (C=O) groups excluding carboxylic acids is 1. The SMILES string of the molecule is NC1(COC(=O)Nc2ccc([N+](=O)[O-])cc2)CCCC1. The summed E-state index contributed by atoms with van der Waals surface area (Å²) in [5.41, 5.74) is 6.08. The molecule has 0 unspecified atom stereocenters. The molecule has 0 atom stereocenters. The maximum absolute atomic E-state index is 11.6. The minimum atomic E-state index is -0.601. The number of amides is 1. The van der Waals surface area contributed by atoms with Crippen LogP contribution in [0.2, 0.25) is 0 Å². The van der Waals surface area contributed by atoms with Crippen LogP contribution in [0.5, 0.6) is 0 Å². The Balaban J connectivity index is 1.83. The Hall–Kier alpha value is -2.15. The Morgan fingerprint density at radius 1 is 1.35 bits per heavy atom.